The number of rotatable bonds is 2. The van der Waals surface area contributed by atoms with E-state index in [0.717, 1.165) is 6.42 Å². The van der Waals surface area contributed by atoms with Crippen LogP contribution in [0.5, 0.6) is 0 Å². The number of hydrogen-bond acceptors (Lipinski definition) is 4. The molecule has 0 spiro atoms. The van der Waals surface area contributed by atoms with Crippen LogP contribution in [0.4, 0.5) is 0 Å². The highest BCUT2D eigenvalue weighted by atomic mass is 32.2. The summed E-state index contributed by atoms with van der Waals surface area (Å²) in [6.45, 7) is 0.476. The Kier molecular flexibility index (Phi) is 2.30. The van der Waals surface area contributed by atoms with Gasteiger partial charge in [0, 0.05) is 18.9 Å². The molecule has 1 fully saturated rings. The maximum Gasteiger partial charge on any atom is 0.278 e. The molecule has 0 aromatic carbocycles. The van der Waals surface area contributed by atoms with Crippen LogP contribution in [0.2, 0.25) is 0 Å². The van der Waals surface area contributed by atoms with E-state index in [1.165, 1.54) is 16.7 Å². The molecule has 0 aliphatic carbocycles. The van der Waals surface area contributed by atoms with Gasteiger partial charge in [0.25, 0.3) is 10.0 Å². The molecule has 3 N–H and O–H groups in total. The summed E-state index contributed by atoms with van der Waals surface area (Å²) in [5, 5.41) is -0.0325. The monoisotopic (exact) mass is 216 g/mol. The predicted molar refractivity (Wildman–Crippen MR) is 49.7 cm³/mol. The van der Waals surface area contributed by atoms with Crippen LogP contribution in [0, 0.1) is 0 Å². The van der Waals surface area contributed by atoms with E-state index < -0.39 is 16.2 Å². The van der Waals surface area contributed by atoms with Crippen molar-refractivity contribution in [3.05, 3.63) is 12.4 Å². The van der Waals surface area contributed by atoms with E-state index in [1.807, 2.05) is 0 Å². The molecule has 7 heteroatoms. The highest BCUT2D eigenvalue weighted by molar-refractivity contribution is 7.89. The van der Waals surface area contributed by atoms with Gasteiger partial charge in [0.2, 0.25) is 5.16 Å². The topological polar surface area (TPSA) is 92.1 Å². The molecule has 0 amide bonds. The lowest BCUT2D eigenvalue weighted by atomic mass is 10.3. The Bertz CT molecular complexity index is 399. The average Bonchev–Trinajstić information content (AvgIpc) is 2.72. The van der Waals surface area contributed by atoms with Crippen molar-refractivity contribution in [2.24, 2.45) is 5.73 Å². The van der Waals surface area contributed by atoms with Crippen molar-refractivity contribution in [1.29, 1.82) is 0 Å². The van der Waals surface area contributed by atoms with Gasteiger partial charge >= 0.3 is 0 Å². The first kappa shape index (κ1) is 9.63. The van der Waals surface area contributed by atoms with E-state index in [1.54, 1.807) is 0 Å². The summed E-state index contributed by atoms with van der Waals surface area (Å²) in [5.74, 6) is 0. The van der Waals surface area contributed by atoms with Crippen molar-refractivity contribution < 1.29 is 8.42 Å². The van der Waals surface area contributed by atoms with Crippen LogP contribution in [0.3, 0.4) is 0 Å². The molecule has 0 bridgehead atoms. The van der Waals surface area contributed by atoms with Gasteiger partial charge in [-0.15, -0.1) is 0 Å². The standard InChI is InChI=1S/C7H12N4O2S/c8-6-2-1-5-11(6)14(12,13)7-9-3-4-10-7/h3-4,6H,1-2,5,8H2,(H,9,10). The van der Waals surface area contributed by atoms with Gasteiger partial charge in [-0.1, -0.05) is 0 Å². The SMILES string of the molecule is NC1CCCN1S(=O)(=O)c1ncc[nH]1. The second kappa shape index (κ2) is 3.34. The molecule has 6 nitrogen and oxygen atoms in total. The molecule has 0 radical (unpaired) electrons. The third-order valence-electron chi connectivity index (χ3n) is 2.27. The fourth-order valence-electron chi connectivity index (χ4n) is 1.57. The van der Waals surface area contributed by atoms with Crippen LogP contribution < -0.4 is 5.73 Å². The van der Waals surface area contributed by atoms with Gasteiger partial charge < -0.3 is 10.7 Å². The number of aromatic nitrogens is 2. The number of nitrogens with two attached hydrogens (primary N) is 1. The lowest BCUT2D eigenvalue weighted by Crippen LogP contribution is -2.41. The summed E-state index contributed by atoms with van der Waals surface area (Å²) in [4.78, 5) is 6.30. The maximum absolute atomic E-state index is 11.9. The zero-order chi connectivity index (χ0) is 10.2. The van der Waals surface area contributed by atoms with Gasteiger partial charge in [-0.25, -0.2) is 13.4 Å². The minimum absolute atomic E-state index is 0.0325. The molecule has 0 saturated carbocycles. The Morgan fingerprint density at radius 1 is 1.64 bits per heavy atom. The first-order chi connectivity index (χ1) is 6.62. The normalized spacial score (nSPS) is 24.2. The average molecular weight is 216 g/mol. The Balaban J connectivity index is 2.33. The third-order valence-corrected chi connectivity index (χ3v) is 4.06. The Hall–Kier alpha value is -0.920. The molecule has 2 rings (SSSR count). The minimum Gasteiger partial charge on any atom is -0.334 e. The number of hydrogen-bond donors (Lipinski definition) is 2. The zero-order valence-corrected chi connectivity index (χ0v) is 8.37. The summed E-state index contributed by atoms with van der Waals surface area (Å²) < 4.78 is 25.0. The van der Waals surface area contributed by atoms with Gasteiger partial charge in [-0.2, -0.15) is 4.31 Å². The van der Waals surface area contributed by atoms with Crippen LogP contribution in [0.1, 0.15) is 12.8 Å². The van der Waals surface area contributed by atoms with E-state index in [2.05, 4.69) is 9.97 Å². The Labute approximate surface area is 82.2 Å². The van der Waals surface area contributed by atoms with Crippen molar-refractivity contribution in [1.82, 2.24) is 14.3 Å². The molecule has 1 aromatic rings. The lowest BCUT2D eigenvalue weighted by molar-refractivity contribution is 0.392. The molecular formula is C7H12N4O2S. The first-order valence-electron chi connectivity index (χ1n) is 4.39. The quantitative estimate of drug-likeness (QED) is 0.695. The molecule has 78 valence electrons. The number of aromatic amines is 1. The first-order valence-corrected chi connectivity index (χ1v) is 5.83. The highest BCUT2D eigenvalue weighted by Crippen LogP contribution is 2.20. The smallest absolute Gasteiger partial charge is 0.278 e. The van der Waals surface area contributed by atoms with Crippen molar-refractivity contribution in [3.8, 4) is 0 Å². The van der Waals surface area contributed by atoms with Gasteiger partial charge in [0.05, 0.1) is 6.17 Å². The number of sulfonamides is 1. The van der Waals surface area contributed by atoms with E-state index in [-0.39, 0.29) is 5.16 Å². The number of imidazole rings is 1. The molecule has 1 saturated heterocycles. The van der Waals surface area contributed by atoms with E-state index in [0.29, 0.717) is 13.0 Å². The molecule has 1 aliphatic heterocycles. The molecular weight excluding hydrogens is 204 g/mol. The molecule has 14 heavy (non-hydrogen) atoms. The van der Waals surface area contributed by atoms with Crippen LogP contribution in [-0.2, 0) is 10.0 Å². The number of H-pyrrole nitrogens is 1. The fourth-order valence-corrected chi connectivity index (χ4v) is 3.03. The van der Waals surface area contributed by atoms with E-state index in [9.17, 15) is 8.42 Å². The van der Waals surface area contributed by atoms with Gasteiger partial charge in [-0.3, -0.25) is 0 Å². The van der Waals surface area contributed by atoms with Crippen molar-refractivity contribution in [2.45, 2.75) is 24.2 Å². The summed E-state index contributed by atoms with van der Waals surface area (Å²) in [7, 11) is -3.50. The summed E-state index contributed by atoms with van der Waals surface area (Å²) >= 11 is 0. The molecule has 1 unspecified atom stereocenters. The third kappa shape index (κ3) is 1.43. The second-order valence-electron chi connectivity index (χ2n) is 3.22. The highest BCUT2D eigenvalue weighted by Gasteiger charge is 2.34. The summed E-state index contributed by atoms with van der Waals surface area (Å²) in [6, 6.07) is 0. The van der Waals surface area contributed by atoms with Crippen LogP contribution >= 0.6 is 0 Å². The van der Waals surface area contributed by atoms with Gasteiger partial charge in [-0.05, 0) is 12.8 Å². The van der Waals surface area contributed by atoms with E-state index >= 15 is 0 Å². The number of nitrogens with one attached hydrogen (secondary N) is 1. The fraction of sp³-hybridized carbons (Fsp3) is 0.571. The largest absolute Gasteiger partial charge is 0.334 e. The minimum atomic E-state index is -3.50. The number of nitrogens with zero attached hydrogens (tertiary/aromatic N) is 2. The zero-order valence-electron chi connectivity index (χ0n) is 7.55. The molecule has 1 aliphatic rings. The van der Waals surface area contributed by atoms with E-state index in [4.69, 9.17) is 5.73 Å². The van der Waals surface area contributed by atoms with Crippen molar-refractivity contribution >= 4 is 10.0 Å². The second-order valence-corrected chi connectivity index (χ2v) is 5.03. The molecule has 1 aromatic heterocycles. The lowest BCUT2D eigenvalue weighted by Gasteiger charge is -2.18. The Morgan fingerprint density at radius 3 is 2.93 bits per heavy atom. The Morgan fingerprint density at radius 2 is 2.43 bits per heavy atom. The van der Waals surface area contributed by atoms with Crippen molar-refractivity contribution in [2.75, 3.05) is 6.54 Å². The predicted octanol–water partition coefficient (Wildman–Crippen LogP) is -0.521. The van der Waals surface area contributed by atoms with Crippen LogP contribution in [0.25, 0.3) is 0 Å². The van der Waals surface area contributed by atoms with Gasteiger partial charge in [0.1, 0.15) is 0 Å². The summed E-state index contributed by atoms with van der Waals surface area (Å²) in [5.41, 5.74) is 5.68. The maximum atomic E-state index is 11.9. The summed E-state index contributed by atoms with van der Waals surface area (Å²) in [6.07, 6.45) is 3.99. The molecule has 2 heterocycles. The van der Waals surface area contributed by atoms with Crippen LogP contribution in [-0.4, -0.2) is 35.4 Å². The van der Waals surface area contributed by atoms with Crippen molar-refractivity contribution in [3.63, 3.8) is 0 Å². The molecule has 1 atom stereocenters. The van der Waals surface area contributed by atoms with Gasteiger partial charge in [0.15, 0.2) is 0 Å². The van der Waals surface area contributed by atoms with Crippen LogP contribution in [0.15, 0.2) is 17.6 Å².